The van der Waals surface area contributed by atoms with E-state index in [4.69, 9.17) is 4.55 Å². The fraction of sp³-hybridized carbons (Fsp3) is 0.400. The Morgan fingerprint density at radius 3 is 1.92 bits per heavy atom. The van der Waals surface area contributed by atoms with Crippen LogP contribution in [-0.2, 0) is 23.9 Å². The van der Waals surface area contributed by atoms with Crippen LogP contribution in [-0.4, -0.2) is 8.76 Å². The molecule has 0 fully saturated rings. The third-order valence-corrected chi connectivity index (χ3v) is 2.68. The average Bonchev–Trinajstić information content (AvgIpc) is 2.16. The van der Waals surface area contributed by atoms with Crippen molar-refractivity contribution >= 4 is 11.1 Å². The fourth-order valence-corrected chi connectivity index (χ4v) is 1.74. The van der Waals surface area contributed by atoms with Gasteiger partial charge in [0.15, 0.2) is 11.1 Å². The monoisotopic (exact) mass is 198 g/mol. The molecular formula is C10H14O2S. The van der Waals surface area contributed by atoms with E-state index in [1.165, 1.54) is 0 Å². The summed E-state index contributed by atoms with van der Waals surface area (Å²) in [7, 11) is 0. The first-order chi connectivity index (χ1) is 6.17. The second-order valence-electron chi connectivity index (χ2n) is 2.94. The number of rotatable bonds is 3. The van der Waals surface area contributed by atoms with E-state index >= 15 is 0 Å². The van der Waals surface area contributed by atoms with Crippen LogP contribution in [0.5, 0.6) is 0 Å². The van der Waals surface area contributed by atoms with Gasteiger partial charge in [0, 0.05) is 0 Å². The quantitative estimate of drug-likeness (QED) is 0.757. The van der Waals surface area contributed by atoms with Crippen molar-refractivity contribution in [1.29, 1.82) is 0 Å². The lowest BCUT2D eigenvalue weighted by molar-refractivity contribution is 0.564. The zero-order valence-electron chi connectivity index (χ0n) is 7.91. The maximum absolute atomic E-state index is 10.8. The highest BCUT2D eigenvalue weighted by Gasteiger charge is 2.03. The predicted octanol–water partition coefficient (Wildman–Crippen LogP) is 2.39. The molecule has 0 amide bonds. The van der Waals surface area contributed by atoms with Gasteiger partial charge in [-0.25, -0.2) is 4.21 Å². The molecule has 72 valence electrons. The molecule has 0 heterocycles. The lowest BCUT2D eigenvalue weighted by atomic mass is 10.1. The smallest absolute Gasteiger partial charge is 0.186 e. The molecule has 0 aliphatic rings. The number of benzene rings is 1. The molecule has 0 aliphatic heterocycles. The standard InChI is InChI=1S/C10H14O2S/c1-3-8-5-9(4-2)7-10(6-8)13(11)12/h5-7H,3-4H2,1-2H3,(H,11,12). The Kier molecular flexibility index (Phi) is 3.63. The van der Waals surface area contributed by atoms with Gasteiger partial charge in [0.05, 0.1) is 4.90 Å². The van der Waals surface area contributed by atoms with Gasteiger partial charge in [-0.3, -0.25) is 0 Å². The van der Waals surface area contributed by atoms with Crippen molar-refractivity contribution in [2.75, 3.05) is 0 Å². The minimum Gasteiger partial charge on any atom is -0.302 e. The van der Waals surface area contributed by atoms with Crippen LogP contribution in [0.4, 0.5) is 0 Å². The zero-order chi connectivity index (χ0) is 9.84. The molecule has 0 saturated carbocycles. The predicted molar refractivity (Wildman–Crippen MR) is 54.2 cm³/mol. The molecule has 2 nitrogen and oxygen atoms in total. The second kappa shape index (κ2) is 4.53. The minimum absolute atomic E-state index is 0.510. The van der Waals surface area contributed by atoms with Crippen LogP contribution < -0.4 is 0 Å². The molecule has 1 N–H and O–H groups in total. The molecule has 1 atom stereocenters. The fourth-order valence-electron chi connectivity index (χ4n) is 1.24. The van der Waals surface area contributed by atoms with Gasteiger partial charge in [-0.2, -0.15) is 0 Å². The molecular weight excluding hydrogens is 184 g/mol. The molecule has 0 aliphatic carbocycles. The van der Waals surface area contributed by atoms with Crippen LogP contribution >= 0.6 is 0 Å². The van der Waals surface area contributed by atoms with Gasteiger partial charge >= 0.3 is 0 Å². The van der Waals surface area contributed by atoms with E-state index < -0.39 is 11.1 Å². The summed E-state index contributed by atoms with van der Waals surface area (Å²) in [5.74, 6) is 0. The molecule has 0 bridgehead atoms. The Bertz CT molecular complexity index is 298. The lowest BCUT2D eigenvalue weighted by Crippen LogP contribution is -1.93. The van der Waals surface area contributed by atoms with Crippen molar-refractivity contribution in [3.63, 3.8) is 0 Å². The topological polar surface area (TPSA) is 37.3 Å². The summed E-state index contributed by atoms with van der Waals surface area (Å²) in [6, 6.07) is 5.65. The van der Waals surface area contributed by atoms with E-state index in [1.54, 1.807) is 12.1 Å². The van der Waals surface area contributed by atoms with E-state index in [0.717, 1.165) is 24.0 Å². The maximum atomic E-state index is 10.8. The molecule has 0 saturated heterocycles. The summed E-state index contributed by atoms with van der Waals surface area (Å²) in [5.41, 5.74) is 2.24. The summed E-state index contributed by atoms with van der Waals surface area (Å²) in [6.45, 7) is 4.08. The molecule has 0 radical (unpaired) electrons. The van der Waals surface area contributed by atoms with Crippen molar-refractivity contribution in [3.8, 4) is 0 Å². The second-order valence-corrected chi connectivity index (χ2v) is 3.91. The van der Waals surface area contributed by atoms with E-state index in [1.807, 2.05) is 13.8 Å². The third-order valence-electron chi connectivity index (χ3n) is 2.04. The molecule has 0 aromatic heterocycles. The van der Waals surface area contributed by atoms with Crippen LogP contribution in [0.2, 0.25) is 0 Å². The molecule has 13 heavy (non-hydrogen) atoms. The van der Waals surface area contributed by atoms with Crippen LogP contribution in [0.15, 0.2) is 23.1 Å². The molecule has 0 spiro atoms. The zero-order valence-corrected chi connectivity index (χ0v) is 8.73. The van der Waals surface area contributed by atoms with E-state index in [0.29, 0.717) is 4.90 Å². The maximum Gasteiger partial charge on any atom is 0.186 e. The first-order valence-electron chi connectivity index (χ1n) is 4.41. The number of hydrogen-bond acceptors (Lipinski definition) is 1. The van der Waals surface area contributed by atoms with Crippen molar-refractivity contribution in [2.45, 2.75) is 31.6 Å². The summed E-state index contributed by atoms with van der Waals surface area (Å²) in [5, 5.41) is 0. The van der Waals surface area contributed by atoms with Gasteiger partial charge in [0.1, 0.15) is 0 Å². The first kappa shape index (κ1) is 10.4. The van der Waals surface area contributed by atoms with Crippen LogP contribution in [0, 0.1) is 0 Å². The lowest BCUT2D eigenvalue weighted by Gasteiger charge is -2.04. The Morgan fingerprint density at radius 1 is 1.15 bits per heavy atom. The van der Waals surface area contributed by atoms with Gasteiger partial charge in [0.2, 0.25) is 0 Å². The molecule has 1 rings (SSSR count). The Labute approximate surface area is 81.3 Å². The van der Waals surface area contributed by atoms with E-state index in [-0.39, 0.29) is 0 Å². The third kappa shape index (κ3) is 2.64. The van der Waals surface area contributed by atoms with Crippen LogP contribution in [0.1, 0.15) is 25.0 Å². The van der Waals surface area contributed by atoms with Gasteiger partial charge in [-0.15, -0.1) is 0 Å². The molecule has 1 aromatic carbocycles. The van der Waals surface area contributed by atoms with Gasteiger partial charge in [0.25, 0.3) is 0 Å². The minimum atomic E-state index is -1.85. The summed E-state index contributed by atoms with van der Waals surface area (Å²) in [6.07, 6.45) is 1.80. The van der Waals surface area contributed by atoms with Gasteiger partial charge in [-0.1, -0.05) is 19.9 Å². The summed E-state index contributed by atoms with van der Waals surface area (Å²) < 4.78 is 19.8. The van der Waals surface area contributed by atoms with E-state index in [9.17, 15) is 4.21 Å². The van der Waals surface area contributed by atoms with Crippen molar-refractivity contribution < 1.29 is 8.76 Å². The van der Waals surface area contributed by atoms with Gasteiger partial charge in [-0.05, 0) is 36.1 Å². The summed E-state index contributed by atoms with van der Waals surface area (Å²) >= 11 is -1.85. The number of aryl methyl sites for hydroxylation is 2. The highest BCUT2D eigenvalue weighted by atomic mass is 32.2. The first-order valence-corrected chi connectivity index (χ1v) is 5.51. The molecule has 1 unspecified atom stereocenters. The van der Waals surface area contributed by atoms with Crippen LogP contribution in [0.3, 0.4) is 0 Å². The molecule has 1 aromatic rings. The van der Waals surface area contributed by atoms with Crippen LogP contribution in [0.25, 0.3) is 0 Å². The number of hydrogen-bond donors (Lipinski definition) is 1. The largest absolute Gasteiger partial charge is 0.302 e. The molecule has 3 heteroatoms. The Morgan fingerprint density at radius 2 is 1.62 bits per heavy atom. The Balaban J connectivity index is 3.14. The van der Waals surface area contributed by atoms with Crippen molar-refractivity contribution in [1.82, 2.24) is 0 Å². The normalized spacial score (nSPS) is 12.8. The highest BCUT2D eigenvalue weighted by Crippen LogP contribution is 2.14. The highest BCUT2D eigenvalue weighted by molar-refractivity contribution is 7.79. The Hall–Kier alpha value is -0.670. The van der Waals surface area contributed by atoms with Crippen molar-refractivity contribution in [2.24, 2.45) is 0 Å². The summed E-state index contributed by atoms with van der Waals surface area (Å²) in [4.78, 5) is 0.510. The average molecular weight is 198 g/mol. The SMILES string of the molecule is CCc1cc(CC)cc(S(=O)O)c1. The van der Waals surface area contributed by atoms with Gasteiger partial charge < -0.3 is 4.55 Å². The van der Waals surface area contributed by atoms with Crippen molar-refractivity contribution in [3.05, 3.63) is 29.3 Å². The van der Waals surface area contributed by atoms with E-state index in [2.05, 4.69) is 6.07 Å².